The number of rotatable bonds is 6. The van der Waals surface area contributed by atoms with Crippen LogP contribution in [0.2, 0.25) is 0 Å². The van der Waals surface area contributed by atoms with Gasteiger partial charge < -0.3 is 25.6 Å². The van der Waals surface area contributed by atoms with Gasteiger partial charge in [0.25, 0.3) is 0 Å². The zero-order valence-corrected chi connectivity index (χ0v) is 18.7. The summed E-state index contributed by atoms with van der Waals surface area (Å²) < 4.78 is 5.32. The first-order valence-corrected chi connectivity index (χ1v) is 11.5. The minimum Gasteiger partial charge on any atom is -0.444 e. The normalized spacial score (nSPS) is 22.8. The van der Waals surface area contributed by atoms with E-state index in [1.807, 2.05) is 33.0 Å². The first-order valence-electron chi connectivity index (χ1n) is 11.5. The van der Waals surface area contributed by atoms with E-state index in [1.165, 1.54) is 25.7 Å². The van der Waals surface area contributed by atoms with Crippen LogP contribution in [-0.4, -0.2) is 59.9 Å². The molecule has 30 heavy (non-hydrogen) atoms. The third-order valence-electron chi connectivity index (χ3n) is 5.59. The average molecular weight is 419 g/mol. The van der Waals surface area contributed by atoms with E-state index in [-0.39, 0.29) is 18.2 Å². The highest BCUT2D eigenvalue weighted by Crippen LogP contribution is 2.20. The first kappa shape index (κ1) is 22.6. The van der Waals surface area contributed by atoms with Crippen molar-refractivity contribution < 1.29 is 9.53 Å². The summed E-state index contributed by atoms with van der Waals surface area (Å²) in [6, 6.07) is 2.50. The van der Waals surface area contributed by atoms with E-state index in [2.05, 4.69) is 25.8 Å². The Labute approximate surface area is 180 Å². The molecule has 2 atom stereocenters. The zero-order valence-electron chi connectivity index (χ0n) is 18.7. The Bertz CT molecular complexity index is 670. The number of nitrogens with zero attached hydrogens (tertiary/aromatic N) is 3. The van der Waals surface area contributed by atoms with Gasteiger partial charge in [0, 0.05) is 37.9 Å². The van der Waals surface area contributed by atoms with Gasteiger partial charge in [-0.3, -0.25) is 0 Å². The lowest BCUT2D eigenvalue weighted by Gasteiger charge is -2.33. The first-order chi connectivity index (χ1) is 14.4. The van der Waals surface area contributed by atoms with Gasteiger partial charge >= 0.3 is 6.09 Å². The van der Waals surface area contributed by atoms with Gasteiger partial charge in [0.1, 0.15) is 11.4 Å². The number of anilines is 2. The van der Waals surface area contributed by atoms with E-state index < -0.39 is 5.60 Å². The van der Waals surface area contributed by atoms with Crippen molar-refractivity contribution in [3.8, 4) is 0 Å². The third kappa shape index (κ3) is 7.31. The summed E-state index contributed by atoms with van der Waals surface area (Å²) in [5.41, 5.74) is -0.479. The van der Waals surface area contributed by atoms with E-state index >= 15 is 0 Å². The molecule has 8 nitrogen and oxygen atoms in total. The van der Waals surface area contributed by atoms with Gasteiger partial charge in [-0.15, -0.1) is 0 Å². The van der Waals surface area contributed by atoms with Gasteiger partial charge in [0.15, 0.2) is 0 Å². The number of alkyl carbamates (subject to hydrolysis) is 1. The number of hydrogen-bond donors (Lipinski definition) is 3. The molecule has 3 rings (SSSR count). The van der Waals surface area contributed by atoms with E-state index in [1.54, 1.807) is 0 Å². The van der Waals surface area contributed by atoms with Crippen LogP contribution in [0.1, 0.15) is 65.7 Å². The molecule has 3 N–H and O–H groups in total. The minimum atomic E-state index is -0.479. The number of aromatic nitrogens is 2. The fourth-order valence-electron chi connectivity index (χ4n) is 4.13. The molecule has 1 amide bonds. The van der Waals surface area contributed by atoms with Crippen LogP contribution in [0, 0.1) is 0 Å². The number of ether oxygens (including phenoxy) is 1. The van der Waals surface area contributed by atoms with E-state index in [0.29, 0.717) is 12.5 Å². The van der Waals surface area contributed by atoms with Crippen LogP contribution in [0.3, 0.4) is 0 Å². The van der Waals surface area contributed by atoms with Gasteiger partial charge in [-0.25, -0.2) is 9.78 Å². The molecule has 2 fully saturated rings. The van der Waals surface area contributed by atoms with Crippen molar-refractivity contribution in [2.45, 2.75) is 83.4 Å². The average Bonchev–Trinajstić information content (AvgIpc) is 2.98. The maximum absolute atomic E-state index is 11.9. The topological polar surface area (TPSA) is 91.4 Å². The standard InChI is InChI=1S/C22H38N6O2/c1-22(2,3)30-21(29)25-13-10-17-18(9-8-12-23-17)26-20-24-14-11-19(27-20)28-15-6-4-5-7-16-28/h11,14,17-18,23H,4-10,12-13,15-16H2,1-3H3,(H,25,29)(H,24,26,27). The maximum Gasteiger partial charge on any atom is 0.407 e. The number of hydrogen-bond acceptors (Lipinski definition) is 7. The summed E-state index contributed by atoms with van der Waals surface area (Å²) in [5, 5.41) is 9.99. The highest BCUT2D eigenvalue weighted by molar-refractivity contribution is 5.67. The molecule has 2 unspecified atom stereocenters. The number of amides is 1. The van der Waals surface area contributed by atoms with E-state index in [4.69, 9.17) is 9.72 Å². The summed E-state index contributed by atoms with van der Waals surface area (Å²) in [5.74, 6) is 1.71. The molecule has 0 saturated carbocycles. The SMILES string of the molecule is CC(C)(C)OC(=O)NCCC1NCCCC1Nc1nccc(N2CCCCCC2)n1. The lowest BCUT2D eigenvalue weighted by molar-refractivity contribution is 0.0525. The molecule has 2 aliphatic heterocycles. The van der Waals surface area contributed by atoms with Gasteiger partial charge in [0.05, 0.1) is 0 Å². The van der Waals surface area contributed by atoms with Crippen LogP contribution in [0.5, 0.6) is 0 Å². The number of nitrogens with one attached hydrogen (secondary N) is 3. The Morgan fingerprint density at radius 1 is 1.23 bits per heavy atom. The maximum atomic E-state index is 11.9. The Hall–Kier alpha value is -2.09. The van der Waals surface area contributed by atoms with Crippen LogP contribution in [-0.2, 0) is 4.74 Å². The third-order valence-corrected chi connectivity index (χ3v) is 5.59. The monoisotopic (exact) mass is 418 g/mol. The Kier molecular flexibility index (Phi) is 8.13. The molecular weight excluding hydrogens is 380 g/mol. The highest BCUT2D eigenvalue weighted by atomic mass is 16.6. The van der Waals surface area contributed by atoms with Crippen molar-refractivity contribution in [3.05, 3.63) is 12.3 Å². The number of piperidine rings is 1. The molecule has 0 aromatic carbocycles. The van der Waals surface area contributed by atoms with Crippen LogP contribution in [0.4, 0.5) is 16.6 Å². The minimum absolute atomic E-state index is 0.235. The molecule has 8 heteroatoms. The van der Waals surface area contributed by atoms with Gasteiger partial charge in [-0.05, 0) is 65.5 Å². The van der Waals surface area contributed by atoms with Crippen molar-refractivity contribution >= 4 is 17.9 Å². The molecule has 3 heterocycles. The molecule has 168 valence electrons. The fraction of sp³-hybridized carbons (Fsp3) is 0.773. The summed E-state index contributed by atoms with van der Waals surface area (Å²) in [6.45, 7) is 9.31. The zero-order chi connectivity index (χ0) is 21.4. The predicted octanol–water partition coefficient (Wildman–Crippen LogP) is 3.30. The number of carbonyl (C=O) groups is 1. The van der Waals surface area contributed by atoms with Crippen molar-refractivity contribution in [2.75, 3.05) is 36.4 Å². The van der Waals surface area contributed by atoms with Crippen LogP contribution >= 0.6 is 0 Å². The fourth-order valence-corrected chi connectivity index (χ4v) is 4.13. The number of carbonyl (C=O) groups excluding carboxylic acids is 1. The Balaban J connectivity index is 1.53. The molecule has 0 spiro atoms. The van der Waals surface area contributed by atoms with Crippen LogP contribution < -0.4 is 20.9 Å². The van der Waals surface area contributed by atoms with Gasteiger partial charge in [0.2, 0.25) is 5.95 Å². The predicted molar refractivity (Wildman–Crippen MR) is 120 cm³/mol. The van der Waals surface area contributed by atoms with Crippen molar-refractivity contribution in [2.24, 2.45) is 0 Å². The molecule has 2 saturated heterocycles. The van der Waals surface area contributed by atoms with Gasteiger partial charge in [-0.2, -0.15) is 4.98 Å². The lowest BCUT2D eigenvalue weighted by Crippen LogP contribution is -2.50. The summed E-state index contributed by atoms with van der Waals surface area (Å²) in [4.78, 5) is 23.5. The second-order valence-electron chi connectivity index (χ2n) is 9.31. The molecule has 0 bridgehead atoms. The van der Waals surface area contributed by atoms with Crippen molar-refractivity contribution in [1.82, 2.24) is 20.6 Å². The lowest BCUT2D eigenvalue weighted by atomic mass is 9.96. The molecule has 1 aromatic rings. The quantitative estimate of drug-likeness (QED) is 0.653. The smallest absolute Gasteiger partial charge is 0.407 e. The van der Waals surface area contributed by atoms with Crippen LogP contribution in [0.25, 0.3) is 0 Å². The largest absolute Gasteiger partial charge is 0.444 e. The van der Waals surface area contributed by atoms with Gasteiger partial charge in [-0.1, -0.05) is 12.8 Å². The summed E-state index contributed by atoms with van der Waals surface area (Å²) in [6.07, 6.45) is 9.54. The molecule has 1 aromatic heterocycles. The Morgan fingerprint density at radius 3 is 2.73 bits per heavy atom. The second-order valence-corrected chi connectivity index (χ2v) is 9.31. The molecular formula is C22H38N6O2. The van der Waals surface area contributed by atoms with Crippen molar-refractivity contribution in [3.63, 3.8) is 0 Å². The second kappa shape index (κ2) is 10.8. The summed E-state index contributed by atoms with van der Waals surface area (Å²) in [7, 11) is 0. The molecule has 0 aliphatic carbocycles. The molecule has 0 radical (unpaired) electrons. The summed E-state index contributed by atoms with van der Waals surface area (Å²) >= 11 is 0. The van der Waals surface area contributed by atoms with E-state index in [0.717, 1.165) is 44.7 Å². The molecule has 2 aliphatic rings. The Morgan fingerprint density at radius 2 is 2.00 bits per heavy atom. The van der Waals surface area contributed by atoms with Crippen molar-refractivity contribution in [1.29, 1.82) is 0 Å². The van der Waals surface area contributed by atoms with Crippen LogP contribution in [0.15, 0.2) is 12.3 Å². The van der Waals surface area contributed by atoms with E-state index in [9.17, 15) is 4.79 Å². The highest BCUT2D eigenvalue weighted by Gasteiger charge is 2.26.